The molecule has 7 nitrogen and oxygen atoms in total. The van der Waals surface area contributed by atoms with Crippen molar-refractivity contribution < 1.29 is 19.4 Å². The van der Waals surface area contributed by atoms with Crippen LogP contribution in [0.4, 0.5) is 10.5 Å². The number of carboxylic acid groups (broad SMARTS) is 1. The van der Waals surface area contributed by atoms with Crippen molar-refractivity contribution in [3.8, 4) is 17.2 Å². The molecule has 0 unspecified atom stereocenters. The van der Waals surface area contributed by atoms with Gasteiger partial charge in [-0.2, -0.15) is 0 Å². The molecular formula is C15H10N2O5. The predicted octanol–water partition coefficient (Wildman–Crippen LogP) is 2.65. The monoisotopic (exact) mass is 298 g/mol. The lowest BCUT2D eigenvalue weighted by Crippen LogP contribution is -2.09. The highest BCUT2D eigenvalue weighted by Crippen LogP contribution is 2.29. The summed E-state index contributed by atoms with van der Waals surface area (Å²) in [6.07, 6.45) is -0.186. The Labute approximate surface area is 123 Å². The largest absolute Gasteiger partial charge is 0.506 e. The Morgan fingerprint density at radius 3 is 2.77 bits per heavy atom. The Kier molecular flexibility index (Phi) is 3.23. The second-order valence-corrected chi connectivity index (χ2v) is 4.49. The van der Waals surface area contributed by atoms with Gasteiger partial charge in [-0.3, -0.25) is 10.1 Å². The maximum Gasteiger partial charge on any atom is 0.409 e. The summed E-state index contributed by atoms with van der Waals surface area (Å²) in [7, 11) is 0. The molecule has 7 heteroatoms. The molecular weight excluding hydrogens is 288 g/mol. The van der Waals surface area contributed by atoms with Gasteiger partial charge in [0.05, 0.1) is 17.3 Å². The lowest BCUT2D eigenvalue weighted by molar-refractivity contribution is 0.210. The highest BCUT2D eigenvalue weighted by Gasteiger charge is 2.14. The molecule has 0 aliphatic carbocycles. The van der Waals surface area contributed by atoms with Gasteiger partial charge in [0.25, 0.3) is 0 Å². The molecule has 0 saturated heterocycles. The number of hydrogen-bond donors (Lipinski definition) is 3. The molecule has 3 rings (SSSR count). The average molecular weight is 298 g/mol. The minimum absolute atomic E-state index is 0.0194. The number of benzene rings is 1. The number of aromatic hydroxyl groups is 1. The van der Waals surface area contributed by atoms with Crippen LogP contribution in [-0.2, 0) is 0 Å². The summed E-state index contributed by atoms with van der Waals surface area (Å²) >= 11 is 0. The maximum absolute atomic E-state index is 12.1. The van der Waals surface area contributed by atoms with Gasteiger partial charge < -0.3 is 14.6 Å². The first-order valence-corrected chi connectivity index (χ1v) is 6.27. The van der Waals surface area contributed by atoms with E-state index in [0.29, 0.717) is 11.0 Å². The van der Waals surface area contributed by atoms with Crippen LogP contribution in [0.3, 0.4) is 0 Å². The van der Waals surface area contributed by atoms with Gasteiger partial charge in [0.2, 0.25) is 0 Å². The maximum atomic E-state index is 12.1. The molecule has 0 atom stereocenters. The third-order valence-electron chi connectivity index (χ3n) is 2.98. The molecule has 22 heavy (non-hydrogen) atoms. The van der Waals surface area contributed by atoms with Crippen molar-refractivity contribution in [3.63, 3.8) is 0 Å². The first-order chi connectivity index (χ1) is 10.5. The normalized spacial score (nSPS) is 10.5. The summed E-state index contributed by atoms with van der Waals surface area (Å²) in [5, 5.41) is 20.8. The molecule has 2 heterocycles. The zero-order valence-corrected chi connectivity index (χ0v) is 11.1. The molecule has 0 bridgehead atoms. The lowest BCUT2D eigenvalue weighted by atomic mass is 10.2. The van der Waals surface area contributed by atoms with Crippen molar-refractivity contribution in [2.45, 2.75) is 0 Å². The number of rotatable bonds is 2. The molecule has 0 spiro atoms. The van der Waals surface area contributed by atoms with Gasteiger partial charge >= 0.3 is 6.09 Å². The minimum atomic E-state index is -1.32. The van der Waals surface area contributed by atoms with Crippen molar-refractivity contribution in [2.75, 3.05) is 5.32 Å². The molecule has 0 radical (unpaired) electrons. The van der Waals surface area contributed by atoms with Crippen molar-refractivity contribution in [3.05, 3.63) is 52.8 Å². The predicted molar refractivity (Wildman–Crippen MR) is 79.0 cm³/mol. The van der Waals surface area contributed by atoms with E-state index in [4.69, 9.17) is 9.52 Å². The standard InChI is InChI=1S/C15H10N2O5/c18-8-5-10(17-15(20)21)14(16-7-8)13-6-11(19)9-3-1-2-4-12(9)22-13/h1-7,17-18H,(H,20,21). The topological polar surface area (TPSA) is 113 Å². The number of anilines is 1. The number of aromatic nitrogens is 1. The minimum Gasteiger partial charge on any atom is -0.506 e. The summed E-state index contributed by atoms with van der Waals surface area (Å²) in [4.78, 5) is 26.9. The number of amides is 1. The van der Waals surface area contributed by atoms with E-state index in [0.717, 1.165) is 6.20 Å². The molecule has 3 aromatic rings. The fraction of sp³-hybridized carbons (Fsp3) is 0. The van der Waals surface area contributed by atoms with Crippen LogP contribution in [0.5, 0.6) is 5.75 Å². The average Bonchev–Trinajstić information content (AvgIpc) is 2.46. The molecule has 0 aliphatic heterocycles. The Morgan fingerprint density at radius 1 is 1.23 bits per heavy atom. The Morgan fingerprint density at radius 2 is 2.00 bits per heavy atom. The van der Waals surface area contributed by atoms with E-state index in [1.54, 1.807) is 24.3 Å². The number of hydrogen-bond acceptors (Lipinski definition) is 5. The van der Waals surface area contributed by atoms with Crippen molar-refractivity contribution in [1.29, 1.82) is 0 Å². The summed E-state index contributed by atoms with van der Waals surface area (Å²) in [5.74, 6) is -0.108. The number of nitrogens with zero attached hydrogens (tertiary/aromatic N) is 1. The van der Waals surface area contributed by atoms with Gasteiger partial charge in [0, 0.05) is 12.1 Å². The van der Waals surface area contributed by atoms with Crippen LogP contribution in [0.2, 0.25) is 0 Å². The molecule has 0 fully saturated rings. The van der Waals surface area contributed by atoms with E-state index in [-0.39, 0.29) is 28.3 Å². The van der Waals surface area contributed by atoms with E-state index in [9.17, 15) is 14.7 Å². The molecule has 2 aromatic heterocycles. The molecule has 110 valence electrons. The van der Waals surface area contributed by atoms with Crippen LogP contribution < -0.4 is 10.7 Å². The van der Waals surface area contributed by atoms with Gasteiger partial charge in [0.1, 0.15) is 17.0 Å². The fourth-order valence-electron chi connectivity index (χ4n) is 2.08. The number of nitrogens with one attached hydrogen (secondary N) is 1. The first kappa shape index (κ1) is 13.6. The van der Waals surface area contributed by atoms with Crippen LogP contribution >= 0.6 is 0 Å². The second kappa shape index (κ2) is 5.21. The van der Waals surface area contributed by atoms with Crippen LogP contribution in [0, 0.1) is 0 Å². The Bertz CT molecular complexity index is 933. The molecule has 0 saturated carbocycles. The Hall–Kier alpha value is -3.35. The molecule has 1 aromatic carbocycles. The van der Waals surface area contributed by atoms with Gasteiger partial charge in [-0.15, -0.1) is 0 Å². The fourth-order valence-corrected chi connectivity index (χ4v) is 2.08. The molecule has 3 N–H and O–H groups in total. The number of pyridine rings is 1. The van der Waals surface area contributed by atoms with E-state index in [1.165, 1.54) is 12.1 Å². The number of para-hydroxylation sites is 1. The van der Waals surface area contributed by atoms with Gasteiger partial charge in [-0.05, 0) is 12.1 Å². The number of fused-ring (bicyclic) bond motifs is 1. The summed E-state index contributed by atoms with van der Waals surface area (Å²) in [6.45, 7) is 0. The zero-order valence-electron chi connectivity index (χ0n) is 11.1. The van der Waals surface area contributed by atoms with Crippen LogP contribution in [0.15, 0.2) is 51.8 Å². The second-order valence-electron chi connectivity index (χ2n) is 4.49. The van der Waals surface area contributed by atoms with Crippen LogP contribution in [-0.4, -0.2) is 21.3 Å². The van der Waals surface area contributed by atoms with Crippen molar-refractivity contribution in [2.24, 2.45) is 0 Å². The van der Waals surface area contributed by atoms with Gasteiger partial charge in [-0.25, -0.2) is 9.78 Å². The van der Waals surface area contributed by atoms with Crippen molar-refractivity contribution in [1.82, 2.24) is 4.98 Å². The molecule has 0 aliphatic rings. The molecule has 1 amide bonds. The summed E-state index contributed by atoms with van der Waals surface area (Å²) in [6, 6.07) is 9.11. The van der Waals surface area contributed by atoms with Crippen LogP contribution in [0.25, 0.3) is 22.4 Å². The summed E-state index contributed by atoms with van der Waals surface area (Å²) < 4.78 is 5.61. The quantitative estimate of drug-likeness (QED) is 0.670. The van der Waals surface area contributed by atoms with Crippen molar-refractivity contribution >= 4 is 22.7 Å². The Balaban J connectivity index is 2.23. The van der Waals surface area contributed by atoms with E-state index >= 15 is 0 Å². The number of carbonyl (C=O) groups is 1. The summed E-state index contributed by atoms with van der Waals surface area (Å²) in [5.41, 5.74) is 0.225. The van der Waals surface area contributed by atoms with Gasteiger partial charge in [0.15, 0.2) is 11.2 Å². The first-order valence-electron chi connectivity index (χ1n) is 6.27. The van der Waals surface area contributed by atoms with E-state index < -0.39 is 6.09 Å². The third-order valence-corrected chi connectivity index (χ3v) is 2.98. The highest BCUT2D eigenvalue weighted by molar-refractivity contribution is 5.89. The van der Waals surface area contributed by atoms with Gasteiger partial charge in [-0.1, -0.05) is 12.1 Å². The lowest BCUT2D eigenvalue weighted by Gasteiger charge is -2.08. The van der Waals surface area contributed by atoms with Crippen LogP contribution in [0.1, 0.15) is 0 Å². The smallest absolute Gasteiger partial charge is 0.409 e. The SMILES string of the molecule is O=C(O)Nc1cc(O)cnc1-c1cc(=O)c2ccccc2o1. The van der Waals surface area contributed by atoms with E-state index in [1.807, 2.05) is 0 Å². The highest BCUT2D eigenvalue weighted by atomic mass is 16.4. The third kappa shape index (κ3) is 2.47. The zero-order chi connectivity index (χ0) is 15.7. The van der Waals surface area contributed by atoms with E-state index in [2.05, 4.69) is 10.3 Å².